The van der Waals surface area contributed by atoms with Crippen LogP contribution in [0.2, 0.25) is 0 Å². The highest BCUT2D eigenvalue weighted by atomic mass is 32.1. The number of carbonyl (C=O) groups is 2. The molecule has 0 saturated carbocycles. The summed E-state index contributed by atoms with van der Waals surface area (Å²) in [7, 11) is 0. The molecule has 2 rings (SSSR count). The van der Waals surface area contributed by atoms with Gasteiger partial charge in [0.05, 0.1) is 0 Å². The van der Waals surface area contributed by atoms with Gasteiger partial charge in [0.25, 0.3) is 0 Å². The second-order valence-electron chi connectivity index (χ2n) is 6.74. The summed E-state index contributed by atoms with van der Waals surface area (Å²) in [5.41, 5.74) is 0.508. The minimum absolute atomic E-state index is 0.0869. The summed E-state index contributed by atoms with van der Waals surface area (Å²) in [5, 5.41) is 5.98. The van der Waals surface area contributed by atoms with E-state index in [9.17, 15) is 14.0 Å². The Kier molecular flexibility index (Phi) is 6.25. The predicted octanol–water partition coefficient (Wildman–Crippen LogP) is 3.36. The molecule has 25 heavy (non-hydrogen) atoms. The summed E-state index contributed by atoms with van der Waals surface area (Å²) < 4.78 is 12.9. The average Bonchev–Trinajstić information content (AvgIpc) is 2.95. The molecular weight excluding hydrogens is 341 g/mol. The number of halogens is 1. The van der Waals surface area contributed by atoms with Crippen LogP contribution >= 0.6 is 11.3 Å². The van der Waals surface area contributed by atoms with Crippen molar-refractivity contribution in [2.75, 3.05) is 11.9 Å². The molecular formula is C18H22FN3O2S. The van der Waals surface area contributed by atoms with E-state index in [-0.39, 0.29) is 30.6 Å². The van der Waals surface area contributed by atoms with Crippen LogP contribution < -0.4 is 10.6 Å². The Hall–Kier alpha value is -2.28. The van der Waals surface area contributed by atoms with Crippen molar-refractivity contribution in [1.82, 2.24) is 10.3 Å². The van der Waals surface area contributed by atoms with E-state index in [1.54, 1.807) is 18.3 Å². The van der Waals surface area contributed by atoms with E-state index in [2.05, 4.69) is 15.6 Å². The van der Waals surface area contributed by atoms with Crippen LogP contribution in [0, 0.1) is 11.2 Å². The number of hydrogen-bond acceptors (Lipinski definition) is 4. The first-order chi connectivity index (χ1) is 11.7. The quantitative estimate of drug-likeness (QED) is 0.827. The molecule has 2 aromatic rings. The lowest BCUT2D eigenvalue weighted by Gasteiger charge is -2.17. The Morgan fingerprint density at radius 3 is 2.52 bits per heavy atom. The van der Waals surface area contributed by atoms with Crippen LogP contribution in [0.25, 0.3) is 0 Å². The van der Waals surface area contributed by atoms with Crippen molar-refractivity contribution in [1.29, 1.82) is 0 Å². The first-order valence-electron chi connectivity index (χ1n) is 8.01. The van der Waals surface area contributed by atoms with Crippen molar-refractivity contribution in [2.45, 2.75) is 33.6 Å². The number of anilines is 1. The van der Waals surface area contributed by atoms with Crippen LogP contribution in [0.3, 0.4) is 0 Å². The van der Waals surface area contributed by atoms with Crippen molar-refractivity contribution in [3.05, 3.63) is 46.7 Å². The maximum absolute atomic E-state index is 12.9. The van der Waals surface area contributed by atoms with Gasteiger partial charge in [-0.15, -0.1) is 11.3 Å². The molecule has 5 nitrogen and oxygen atoms in total. The van der Waals surface area contributed by atoms with Crippen molar-refractivity contribution >= 4 is 28.3 Å². The molecule has 0 unspecified atom stereocenters. The van der Waals surface area contributed by atoms with Crippen LogP contribution in [0.1, 0.15) is 37.6 Å². The van der Waals surface area contributed by atoms with Crippen LogP contribution in [-0.4, -0.2) is 23.3 Å². The fourth-order valence-corrected chi connectivity index (χ4v) is 2.85. The van der Waals surface area contributed by atoms with Gasteiger partial charge in [-0.3, -0.25) is 9.59 Å². The predicted molar refractivity (Wildman–Crippen MR) is 97.0 cm³/mol. The van der Waals surface area contributed by atoms with Gasteiger partial charge in [0.2, 0.25) is 11.8 Å². The Morgan fingerprint density at radius 2 is 1.88 bits per heavy atom. The van der Waals surface area contributed by atoms with Gasteiger partial charge >= 0.3 is 0 Å². The monoisotopic (exact) mass is 363 g/mol. The Balaban J connectivity index is 1.79. The SMILES string of the molecule is CC(C)(C)C(=O)NCCC(=O)Nc1ncc(Cc2ccc(F)cc2)s1. The fourth-order valence-electron chi connectivity index (χ4n) is 1.99. The number of amides is 2. The third kappa shape index (κ3) is 6.26. The van der Waals surface area contributed by atoms with Crippen molar-refractivity contribution in [2.24, 2.45) is 5.41 Å². The summed E-state index contributed by atoms with van der Waals surface area (Å²) >= 11 is 1.38. The van der Waals surface area contributed by atoms with E-state index in [0.29, 0.717) is 11.6 Å². The summed E-state index contributed by atoms with van der Waals surface area (Å²) in [5.74, 6) is -0.549. The van der Waals surface area contributed by atoms with Gasteiger partial charge in [-0.2, -0.15) is 0 Å². The minimum atomic E-state index is -0.471. The third-order valence-electron chi connectivity index (χ3n) is 3.41. The van der Waals surface area contributed by atoms with Gasteiger partial charge in [0.15, 0.2) is 5.13 Å². The molecule has 0 radical (unpaired) electrons. The highest BCUT2D eigenvalue weighted by Gasteiger charge is 2.20. The zero-order valence-corrected chi connectivity index (χ0v) is 15.4. The van der Waals surface area contributed by atoms with Gasteiger partial charge in [-0.05, 0) is 17.7 Å². The van der Waals surface area contributed by atoms with E-state index < -0.39 is 5.41 Å². The van der Waals surface area contributed by atoms with Gasteiger partial charge in [-0.25, -0.2) is 9.37 Å². The Bertz CT molecular complexity index is 736. The molecule has 2 amide bonds. The molecule has 1 heterocycles. The smallest absolute Gasteiger partial charge is 0.227 e. The maximum atomic E-state index is 12.9. The highest BCUT2D eigenvalue weighted by molar-refractivity contribution is 7.15. The van der Waals surface area contributed by atoms with Gasteiger partial charge in [0, 0.05) is 35.9 Å². The van der Waals surface area contributed by atoms with E-state index in [0.717, 1.165) is 10.4 Å². The molecule has 0 spiro atoms. The van der Waals surface area contributed by atoms with E-state index in [1.807, 2.05) is 20.8 Å². The molecule has 0 saturated heterocycles. The second kappa shape index (κ2) is 8.20. The van der Waals surface area contributed by atoms with Gasteiger partial charge in [0.1, 0.15) is 5.82 Å². The molecule has 1 aromatic heterocycles. The molecule has 0 aliphatic heterocycles. The molecule has 134 valence electrons. The first kappa shape index (κ1) is 19.1. The van der Waals surface area contributed by atoms with E-state index in [4.69, 9.17) is 0 Å². The topological polar surface area (TPSA) is 71.1 Å². The number of thiazole rings is 1. The number of aromatic nitrogens is 1. The summed E-state index contributed by atoms with van der Waals surface area (Å²) in [6.45, 7) is 5.75. The average molecular weight is 363 g/mol. The first-order valence-corrected chi connectivity index (χ1v) is 8.83. The normalized spacial score (nSPS) is 11.2. The van der Waals surface area contributed by atoms with Crippen LogP contribution in [0.4, 0.5) is 9.52 Å². The Morgan fingerprint density at radius 1 is 1.20 bits per heavy atom. The lowest BCUT2D eigenvalue weighted by Crippen LogP contribution is -2.36. The van der Waals surface area contributed by atoms with Crippen LogP contribution in [0.15, 0.2) is 30.5 Å². The third-order valence-corrected chi connectivity index (χ3v) is 4.32. The molecule has 0 atom stereocenters. The highest BCUT2D eigenvalue weighted by Crippen LogP contribution is 2.21. The number of benzene rings is 1. The molecule has 2 N–H and O–H groups in total. The van der Waals surface area contributed by atoms with Crippen molar-refractivity contribution in [3.8, 4) is 0 Å². The standard InChI is InChI=1S/C18H22FN3O2S/c1-18(2,3)16(24)20-9-8-15(23)22-17-21-11-14(25-17)10-12-4-6-13(19)7-5-12/h4-7,11H,8-10H2,1-3H3,(H,20,24)(H,21,22,23). The number of hydrogen-bond donors (Lipinski definition) is 2. The number of rotatable bonds is 6. The molecule has 0 fully saturated rings. The van der Waals surface area contributed by atoms with Crippen molar-refractivity contribution < 1.29 is 14.0 Å². The van der Waals surface area contributed by atoms with Gasteiger partial charge < -0.3 is 10.6 Å². The van der Waals surface area contributed by atoms with Crippen LogP contribution in [-0.2, 0) is 16.0 Å². The summed E-state index contributed by atoms with van der Waals surface area (Å²) in [4.78, 5) is 28.8. The summed E-state index contributed by atoms with van der Waals surface area (Å²) in [6, 6.07) is 6.30. The summed E-state index contributed by atoms with van der Waals surface area (Å²) in [6.07, 6.45) is 2.52. The second-order valence-corrected chi connectivity index (χ2v) is 7.85. The number of nitrogens with one attached hydrogen (secondary N) is 2. The number of carbonyl (C=O) groups excluding carboxylic acids is 2. The molecule has 0 aliphatic carbocycles. The van der Waals surface area contributed by atoms with Crippen molar-refractivity contribution in [3.63, 3.8) is 0 Å². The molecule has 0 bridgehead atoms. The number of nitrogens with zero attached hydrogens (tertiary/aromatic N) is 1. The Labute approximate surface area is 150 Å². The molecule has 0 aliphatic rings. The fraction of sp³-hybridized carbons (Fsp3) is 0.389. The lowest BCUT2D eigenvalue weighted by molar-refractivity contribution is -0.128. The molecule has 7 heteroatoms. The van der Waals surface area contributed by atoms with Crippen LogP contribution in [0.5, 0.6) is 0 Å². The zero-order chi connectivity index (χ0) is 18.4. The maximum Gasteiger partial charge on any atom is 0.227 e. The molecule has 1 aromatic carbocycles. The van der Waals surface area contributed by atoms with Gasteiger partial charge in [-0.1, -0.05) is 32.9 Å². The lowest BCUT2D eigenvalue weighted by atomic mass is 9.96. The van der Waals surface area contributed by atoms with E-state index in [1.165, 1.54) is 23.5 Å². The zero-order valence-electron chi connectivity index (χ0n) is 14.6. The van der Waals surface area contributed by atoms with E-state index >= 15 is 0 Å². The minimum Gasteiger partial charge on any atom is -0.355 e. The largest absolute Gasteiger partial charge is 0.355 e.